The Balaban J connectivity index is 2.24. The maximum Gasteiger partial charge on any atom is 0.123 e. The first-order chi connectivity index (χ1) is 8.68. The Hall–Kier alpha value is -0.930. The van der Waals surface area contributed by atoms with Crippen LogP contribution in [0.1, 0.15) is 50.7 Å². The van der Waals surface area contributed by atoms with E-state index in [1.54, 1.807) is 12.1 Å². The molecule has 0 amide bonds. The highest BCUT2D eigenvalue weighted by molar-refractivity contribution is 5.22. The van der Waals surface area contributed by atoms with Crippen LogP contribution in [0.5, 0.6) is 0 Å². The standard InChI is InChI=1S/C15H21FO2/c1-2-18-15(9-4-3-5-10-15)14(17)12-7-6-8-13(16)11-12/h6-8,11,14,17H,2-5,9-10H2,1H3. The van der Waals surface area contributed by atoms with Crippen molar-refractivity contribution in [2.45, 2.75) is 50.7 Å². The second kappa shape index (κ2) is 5.81. The van der Waals surface area contributed by atoms with Gasteiger partial charge in [0.2, 0.25) is 0 Å². The Morgan fingerprint density at radius 2 is 2.06 bits per heavy atom. The topological polar surface area (TPSA) is 29.5 Å². The van der Waals surface area contributed by atoms with E-state index in [4.69, 9.17) is 4.74 Å². The van der Waals surface area contributed by atoms with Gasteiger partial charge in [-0.2, -0.15) is 0 Å². The number of hydrogen-bond acceptors (Lipinski definition) is 2. The number of hydrogen-bond donors (Lipinski definition) is 1. The second-order valence-electron chi connectivity index (χ2n) is 5.02. The zero-order valence-electron chi connectivity index (χ0n) is 10.9. The van der Waals surface area contributed by atoms with Crippen LogP contribution in [0, 0.1) is 5.82 Å². The van der Waals surface area contributed by atoms with E-state index in [0.717, 1.165) is 25.7 Å². The van der Waals surface area contributed by atoms with Gasteiger partial charge in [0.1, 0.15) is 11.9 Å². The molecule has 1 saturated carbocycles. The average molecular weight is 252 g/mol. The summed E-state index contributed by atoms with van der Waals surface area (Å²) in [6.07, 6.45) is 4.26. The van der Waals surface area contributed by atoms with Crippen LogP contribution in [0.15, 0.2) is 24.3 Å². The molecule has 1 aromatic rings. The van der Waals surface area contributed by atoms with Crippen LogP contribution in [0.25, 0.3) is 0 Å². The molecular formula is C15H21FO2. The van der Waals surface area contributed by atoms with E-state index < -0.39 is 11.7 Å². The summed E-state index contributed by atoms with van der Waals surface area (Å²) in [5, 5.41) is 10.6. The fourth-order valence-electron chi connectivity index (χ4n) is 2.91. The predicted octanol–water partition coefficient (Wildman–Crippen LogP) is 3.60. The SMILES string of the molecule is CCOC1(C(O)c2cccc(F)c2)CCCCC1. The first-order valence-corrected chi connectivity index (χ1v) is 6.75. The van der Waals surface area contributed by atoms with Crippen LogP contribution in [0.4, 0.5) is 4.39 Å². The van der Waals surface area contributed by atoms with Gasteiger partial charge in [-0.25, -0.2) is 4.39 Å². The lowest BCUT2D eigenvalue weighted by molar-refractivity contribution is -0.141. The highest BCUT2D eigenvalue weighted by Crippen LogP contribution is 2.41. The van der Waals surface area contributed by atoms with Gasteiger partial charge in [-0.1, -0.05) is 31.4 Å². The van der Waals surface area contributed by atoms with Crippen molar-refractivity contribution in [2.75, 3.05) is 6.61 Å². The molecule has 1 atom stereocenters. The minimum Gasteiger partial charge on any atom is -0.385 e. The average Bonchev–Trinajstić information content (AvgIpc) is 2.39. The molecule has 1 fully saturated rings. The lowest BCUT2D eigenvalue weighted by atomic mass is 9.78. The first kappa shape index (κ1) is 13.5. The maximum atomic E-state index is 13.3. The fraction of sp³-hybridized carbons (Fsp3) is 0.600. The largest absolute Gasteiger partial charge is 0.385 e. The Kier molecular flexibility index (Phi) is 4.36. The highest BCUT2D eigenvalue weighted by atomic mass is 19.1. The van der Waals surface area contributed by atoms with E-state index in [1.165, 1.54) is 18.6 Å². The summed E-state index contributed by atoms with van der Waals surface area (Å²) >= 11 is 0. The van der Waals surface area contributed by atoms with E-state index in [2.05, 4.69) is 0 Å². The third kappa shape index (κ3) is 2.73. The molecule has 2 rings (SSSR count). The molecule has 18 heavy (non-hydrogen) atoms. The van der Waals surface area contributed by atoms with Crippen molar-refractivity contribution in [3.8, 4) is 0 Å². The molecule has 1 aliphatic rings. The first-order valence-electron chi connectivity index (χ1n) is 6.75. The Labute approximate surface area is 108 Å². The fourth-order valence-corrected chi connectivity index (χ4v) is 2.91. The molecule has 1 unspecified atom stereocenters. The highest BCUT2D eigenvalue weighted by Gasteiger charge is 2.40. The summed E-state index contributed by atoms with van der Waals surface area (Å²) < 4.78 is 19.1. The van der Waals surface area contributed by atoms with Gasteiger partial charge in [-0.15, -0.1) is 0 Å². The van der Waals surface area contributed by atoms with Crippen LogP contribution in [-0.4, -0.2) is 17.3 Å². The van der Waals surface area contributed by atoms with Gasteiger partial charge in [0.05, 0.1) is 5.60 Å². The smallest absolute Gasteiger partial charge is 0.123 e. The van der Waals surface area contributed by atoms with Crippen LogP contribution < -0.4 is 0 Å². The summed E-state index contributed by atoms with van der Waals surface area (Å²) in [7, 11) is 0. The van der Waals surface area contributed by atoms with Crippen molar-refractivity contribution in [3.05, 3.63) is 35.6 Å². The third-order valence-corrected chi connectivity index (χ3v) is 3.79. The van der Waals surface area contributed by atoms with Gasteiger partial charge in [-0.05, 0) is 37.5 Å². The summed E-state index contributed by atoms with van der Waals surface area (Å²) in [4.78, 5) is 0. The summed E-state index contributed by atoms with van der Waals surface area (Å²) in [6.45, 7) is 2.51. The third-order valence-electron chi connectivity index (χ3n) is 3.79. The molecule has 0 aromatic heterocycles. The minimum absolute atomic E-state index is 0.311. The van der Waals surface area contributed by atoms with Crippen molar-refractivity contribution in [1.82, 2.24) is 0 Å². The van der Waals surface area contributed by atoms with E-state index in [9.17, 15) is 9.50 Å². The molecule has 3 heteroatoms. The lowest BCUT2D eigenvalue weighted by Gasteiger charge is -2.41. The van der Waals surface area contributed by atoms with Gasteiger partial charge in [0.15, 0.2) is 0 Å². The molecule has 100 valence electrons. The number of aliphatic hydroxyl groups excluding tert-OH is 1. The molecule has 1 N–H and O–H groups in total. The van der Waals surface area contributed by atoms with E-state index in [-0.39, 0.29) is 5.82 Å². The van der Waals surface area contributed by atoms with Crippen molar-refractivity contribution in [3.63, 3.8) is 0 Å². The summed E-state index contributed by atoms with van der Waals surface area (Å²) in [5.41, 5.74) is 0.0891. The van der Waals surface area contributed by atoms with Gasteiger partial charge in [0.25, 0.3) is 0 Å². The molecule has 0 aliphatic heterocycles. The van der Waals surface area contributed by atoms with Gasteiger partial charge in [-0.3, -0.25) is 0 Å². The molecule has 0 saturated heterocycles. The number of ether oxygens (including phenoxy) is 1. The van der Waals surface area contributed by atoms with Gasteiger partial charge in [0, 0.05) is 6.61 Å². The van der Waals surface area contributed by atoms with E-state index >= 15 is 0 Å². The molecular weight excluding hydrogens is 231 g/mol. The second-order valence-corrected chi connectivity index (χ2v) is 5.02. The number of aliphatic hydroxyl groups is 1. The number of halogens is 1. The van der Waals surface area contributed by atoms with Crippen molar-refractivity contribution in [2.24, 2.45) is 0 Å². The Bertz CT molecular complexity index is 380. The minimum atomic E-state index is -0.742. The van der Waals surface area contributed by atoms with Crippen molar-refractivity contribution >= 4 is 0 Å². The van der Waals surface area contributed by atoms with Crippen molar-refractivity contribution < 1.29 is 14.2 Å². The molecule has 1 aromatic carbocycles. The number of benzene rings is 1. The van der Waals surface area contributed by atoms with Crippen LogP contribution in [0.2, 0.25) is 0 Å². The molecule has 1 aliphatic carbocycles. The zero-order chi connectivity index (χ0) is 13.0. The van der Waals surface area contributed by atoms with Gasteiger partial charge < -0.3 is 9.84 Å². The molecule has 0 radical (unpaired) electrons. The van der Waals surface area contributed by atoms with Gasteiger partial charge >= 0.3 is 0 Å². The lowest BCUT2D eigenvalue weighted by Crippen LogP contribution is -2.41. The molecule has 2 nitrogen and oxygen atoms in total. The van der Waals surface area contributed by atoms with E-state index in [0.29, 0.717) is 12.2 Å². The monoisotopic (exact) mass is 252 g/mol. The molecule has 0 bridgehead atoms. The Morgan fingerprint density at radius 1 is 1.33 bits per heavy atom. The van der Waals surface area contributed by atoms with Crippen LogP contribution in [0.3, 0.4) is 0 Å². The maximum absolute atomic E-state index is 13.3. The molecule has 0 spiro atoms. The normalized spacial score (nSPS) is 20.6. The summed E-state index contributed by atoms with van der Waals surface area (Å²) in [5.74, 6) is -0.311. The zero-order valence-corrected chi connectivity index (χ0v) is 10.9. The van der Waals surface area contributed by atoms with Crippen LogP contribution in [-0.2, 0) is 4.74 Å². The summed E-state index contributed by atoms with van der Waals surface area (Å²) in [6, 6.07) is 6.20. The van der Waals surface area contributed by atoms with Crippen LogP contribution >= 0.6 is 0 Å². The molecule has 0 heterocycles. The number of rotatable bonds is 4. The Morgan fingerprint density at radius 3 is 2.67 bits per heavy atom. The quantitative estimate of drug-likeness (QED) is 0.887. The van der Waals surface area contributed by atoms with E-state index in [1.807, 2.05) is 6.92 Å². The van der Waals surface area contributed by atoms with Crippen molar-refractivity contribution in [1.29, 1.82) is 0 Å². The predicted molar refractivity (Wildman–Crippen MR) is 68.8 cm³/mol.